The molecule has 8 nitrogen and oxygen atoms in total. The Morgan fingerprint density at radius 3 is 2.53 bits per heavy atom. The van der Waals surface area contributed by atoms with E-state index in [1.807, 2.05) is 41.1 Å². The Morgan fingerprint density at radius 2 is 1.87 bits per heavy atom. The number of thiophene rings is 1. The summed E-state index contributed by atoms with van der Waals surface area (Å²) in [5.41, 5.74) is 10.1. The van der Waals surface area contributed by atoms with Gasteiger partial charge in [-0.1, -0.05) is 0 Å². The average Bonchev–Trinajstić information content (AvgIpc) is 3.58. The molecule has 4 heterocycles. The van der Waals surface area contributed by atoms with Crippen LogP contribution in [0.1, 0.15) is 35.6 Å². The van der Waals surface area contributed by atoms with Gasteiger partial charge in [-0.2, -0.15) is 11.3 Å². The van der Waals surface area contributed by atoms with Gasteiger partial charge in [0.2, 0.25) is 5.91 Å². The number of rotatable bonds is 9. The van der Waals surface area contributed by atoms with Crippen LogP contribution in [0.4, 0.5) is 11.4 Å². The first-order valence-corrected chi connectivity index (χ1v) is 14.1. The number of nitrogen functional groups attached to an aromatic ring is 1. The predicted octanol–water partition coefficient (Wildman–Crippen LogP) is 3.98. The lowest BCUT2D eigenvalue weighted by Crippen LogP contribution is -2.62. The number of ether oxygens (including phenoxy) is 2. The first-order valence-electron chi connectivity index (χ1n) is 13.2. The van der Waals surface area contributed by atoms with Gasteiger partial charge in [-0.15, -0.1) is 0 Å². The molecule has 4 N–H and O–H groups in total. The summed E-state index contributed by atoms with van der Waals surface area (Å²) in [5, 5.41) is 16.0. The second-order valence-corrected chi connectivity index (χ2v) is 11.1. The molecule has 0 saturated carbocycles. The van der Waals surface area contributed by atoms with Crippen LogP contribution in [0.15, 0.2) is 59.3 Å². The number of nitrogens with two attached hydrogens (primary N) is 1. The van der Waals surface area contributed by atoms with Crippen molar-refractivity contribution in [1.29, 1.82) is 5.41 Å². The van der Waals surface area contributed by atoms with Crippen LogP contribution in [0.3, 0.4) is 0 Å². The Kier molecular flexibility index (Phi) is 7.16. The van der Waals surface area contributed by atoms with Gasteiger partial charge in [0, 0.05) is 35.6 Å². The van der Waals surface area contributed by atoms with Crippen LogP contribution in [0, 0.1) is 5.41 Å². The fourth-order valence-electron chi connectivity index (χ4n) is 5.34. The standard InChI is InChI=1S/C29H33N5O3S/c30-26-8-5-21(32-29(35)28(20-9-12-38-18-20)33-10-1-2-11-33)13-25(26)27(31)19-3-6-23(7-4-19)37-24-14-34(15-24)22-16-36-17-22/h3-9,12-13,18,22,24,28,31H,1-2,10-11,14-17,30H2,(H,32,35). The van der Waals surface area contributed by atoms with Gasteiger partial charge in [-0.05, 0) is 90.8 Å². The molecule has 3 fully saturated rings. The van der Waals surface area contributed by atoms with Crippen molar-refractivity contribution in [2.75, 3.05) is 50.4 Å². The van der Waals surface area contributed by atoms with Crippen LogP contribution in [0.2, 0.25) is 0 Å². The third kappa shape index (κ3) is 5.19. The summed E-state index contributed by atoms with van der Waals surface area (Å²) < 4.78 is 11.4. The lowest BCUT2D eigenvalue weighted by atomic mass is 10.00. The molecule has 1 amide bonds. The summed E-state index contributed by atoms with van der Waals surface area (Å²) in [6, 6.07) is 15.2. The first-order chi connectivity index (χ1) is 18.5. The van der Waals surface area contributed by atoms with Gasteiger partial charge >= 0.3 is 0 Å². The molecule has 6 rings (SSSR count). The Balaban J connectivity index is 1.12. The highest BCUT2D eigenvalue weighted by atomic mass is 32.1. The third-order valence-corrected chi connectivity index (χ3v) is 8.36. The molecule has 0 bridgehead atoms. The van der Waals surface area contributed by atoms with Crippen molar-refractivity contribution in [3.8, 4) is 5.75 Å². The Labute approximate surface area is 226 Å². The number of hydrogen-bond donors (Lipinski definition) is 3. The smallest absolute Gasteiger partial charge is 0.246 e. The number of anilines is 2. The maximum Gasteiger partial charge on any atom is 0.246 e. The molecule has 0 radical (unpaired) electrons. The number of hydrogen-bond acceptors (Lipinski definition) is 8. The minimum atomic E-state index is -0.318. The molecule has 1 unspecified atom stereocenters. The van der Waals surface area contributed by atoms with E-state index in [1.165, 1.54) is 0 Å². The van der Waals surface area contributed by atoms with Gasteiger partial charge in [-0.3, -0.25) is 20.0 Å². The quantitative estimate of drug-likeness (QED) is 0.285. The van der Waals surface area contributed by atoms with Crippen LogP contribution in [-0.2, 0) is 9.53 Å². The highest BCUT2D eigenvalue weighted by Gasteiger charge is 2.37. The first kappa shape index (κ1) is 25.1. The number of nitrogens with one attached hydrogen (secondary N) is 2. The highest BCUT2D eigenvalue weighted by Crippen LogP contribution is 2.30. The molecule has 3 aliphatic heterocycles. The SMILES string of the molecule is N=C(c1ccc(OC2CN(C3COC3)C2)cc1)c1cc(NC(=O)C(c2ccsc2)N2CCCC2)ccc1N. The van der Waals surface area contributed by atoms with E-state index in [1.54, 1.807) is 29.5 Å². The summed E-state index contributed by atoms with van der Waals surface area (Å²) >= 11 is 1.60. The highest BCUT2D eigenvalue weighted by molar-refractivity contribution is 7.08. The number of carbonyl (C=O) groups is 1. The number of likely N-dealkylation sites (tertiary alicyclic amines) is 2. The van der Waals surface area contributed by atoms with E-state index in [4.69, 9.17) is 20.6 Å². The van der Waals surface area contributed by atoms with Crippen molar-refractivity contribution in [1.82, 2.24) is 9.80 Å². The molecule has 3 saturated heterocycles. The van der Waals surface area contributed by atoms with E-state index in [2.05, 4.69) is 15.1 Å². The summed E-state index contributed by atoms with van der Waals surface area (Å²) in [6.45, 7) is 5.33. The number of carbonyl (C=O) groups excluding carboxylic acids is 1. The van der Waals surface area contributed by atoms with Gasteiger partial charge in [0.15, 0.2) is 0 Å². The van der Waals surface area contributed by atoms with Crippen LogP contribution in [0.25, 0.3) is 0 Å². The second-order valence-electron chi connectivity index (χ2n) is 10.3. The number of nitrogens with zero attached hydrogens (tertiary/aromatic N) is 2. The lowest BCUT2D eigenvalue weighted by Gasteiger charge is -2.46. The number of amides is 1. The summed E-state index contributed by atoms with van der Waals surface area (Å²) in [7, 11) is 0. The maximum atomic E-state index is 13.4. The van der Waals surface area contributed by atoms with E-state index in [-0.39, 0.29) is 18.1 Å². The van der Waals surface area contributed by atoms with Crippen molar-refractivity contribution in [3.05, 3.63) is 76.0 Å². The zero-order valence-electron chi connectivity index (χ0n) is 21.3. The topological polar surface area (TPSA) is 104 Å². The molecule has 198 valence electrons. The van der Waals surface area contributed by atoms with Crippen molar-refractivity contribution < 1.29 is 14.3 Å². The molecule has 38 heavy (non-hydrogen) atoms. The van der Waals surface area contributed by atoms with Crippen LogP contribution in [-0.4, -0.2) is 73.0 Å². The van der Waals surface area contributed by atoms with Crippen molar-refractivity contribution in [2.24, 2.45) is 0 Å². The van der Waals surface area contributed by atoms with Crippen molar-refractivity contribution >= 4 is 34.3 Å². The number of benzene rings is 2. The normalized spacial score (nSPS) is 19.5. The summed E-state index contributed by atoms with van der Waals surface area (Å²) in [5.74, 6) is 0.736. The summed E-state index contributed by atoms with van der Waals surface area (Å²) in [6.07, 6.45) is 2.40. The van der Waals surface area contributed by atoms with E-state index in [9.17, 15) is 4.79 Å². The Morgan fingerprint density at radius 1 is 1.11 bits per heavy atom. The fourth-order valence-corrected chi connectivity index (χ4v) is 6.02. The Hall–Kier alpha value is -3.24. The molecule has 9 heteroatoms. The van der Waals surface area contributed by atoms with Gasteiger partial charge < -0.3 is 20.5 Å². The predicted molar refractivity (Wildman–Crippen MR) is 150 cm³/mol. The minimum absolute atomic E-state index is 0.0616. The maximum absolute atomic E-state index is 13.4. The molecule has 1 atom stereocenters. The van der Waals surface area contributed by atoms with Crippen LogP contribution >= 0.6 is 11.3 Å². The summed E-state index contributed by atoms with van der Waals surface area (Å²) in [4.78, 5) is 18.0. The van der Waals surface area contributed by atoms with E-state index < -0.39 is 0 Å². The van der Waals surface area contributed by atoms with Gasteiger partial charge in [0.25, 0.3) is 0 Å². The van der Waals surface area contributed by atoms with Gasteiger partial charge in [-0.25, -0.2) is 0 Å². The molecular weight excluding hydrogens is 498 g/mol. The second kappa shape index (κ2) is 10.9. The molecule has 0 spiro atoms. The van der Waals surface area contributed by atoms with E-state index in [0.717, 1.165) is 69.1 Å². The lowest BCUT2D eigenvalue weighted by molar-refractivity contribution is -0.121. The molecule has 3 aromatic rings. The fraction of sp³-hybridized carbons (Fsp3) is 0.379. The van der Waals surface area contributed by atoms with Crippen LogP contribution < -0.4 is 15.8 Å². The van der Waals surface area contributed by atoms with Gasteiger partial charge in [0.05, 0.1) is 25.0 Å². The largest absolute Gasteiger partial charge is 0.488 e. The average molecular weight is 532 g/mol. The van der Waals surface area contributed by atoms with Gasteiger partial charge in [0.1, 0.15) is 17.9 Å². The zero-order valence-corrected chi connectivity index (χ0v) is 22.1. The minimum Gasteiger partial charge on any atom is -0.488 e. The van der Waals surface area contributed by atoms with Crippen LogP contribution in [0.5, 0.6) is 5.75 Å². The zero-order chi connectivity index (χ0) is 26.1. The van der Waals surface area contributed by atoms with Crippen molar-refractivity contribution in [2.45, 2.75) is 31.0 Å². The molecule has 0 aliphatic carbocycles. The van der Waals surface area contributed by atoms with Crippen molar-refractivity contribution in [3.63, 3.8) is 0 Å². The van der Waals surface area contributed by atoms with E-state index in [0.29, 0.717) is 28.7 Å². The molecule has 2 aromatic carbocycles. The van der Waals surface area contributed by atoms with E-state index >= 15 is 0 Å². The third-order valence-electron chi connectivity index (χ3n) is 7.66. The Bertz CT molecular complexity index is 1280. The molecular formula is C29H33N5O3S. The molecule has 1 aromatic heterocycles. The monoisotopic (exact) mass is 531 g/mol. The molecule has 3 aliphatic rings.